The van der Waals surface area contributed by atoms with Gasteiger partial charge >= 0.3 is 5.97 Å². The van der Waals surface area contributed by atoms with Crippen LogP contribution in [0, 0.1) is 0 Å². The largest absolute Gasteiger partial charge is 0.467 e. The molecule has 0 spiro atoms. The highest BCUT2D eigenvalue weighted by Crippen LogP contribution is 1.98. The number of ether oxygens (including phenoxy) is 1. The number of halogens is 1. The van der Waals surface area contributed by atoms with Gasteiger partial charge in [0.25, 0.3) is 0 Å². The molecule has 6 heteroatoms. The molecule has 0 aliphatic rings. The molecule has 0 heterocycles. The lowest BCUT2D eigenvalue weighted by molar-refractivity contribution is -0.145. The molecule has 1 atom stereocenters. The quantitative estimate of drug-likeness (QED) is 0.635. The summed E-state index contributed by atoms with van der Waals surface area (Å²) in [4.78, 5) is 21.9. The second-order valence-electron chi connectivity index (χ2n) is 2.64. The van der Waals surface area contributed by atoms with Crippen molar-refractivity contribution in [3.63, 3.8) is 0 Å². The van der Waals surface area contributed by atoms with Crippen LogP contribution in [0.1, 0.15) is 19.8 Å². The van der Waals surface area contributed by atoms with Gasteiger partial charge in [-0.2, -0.15) is 0 Å². The van der Waals surface area contributed by atoms with E-state index in [1.54, 1.807) is 0 Å². The number of methoxy groups -OCH3 is 1. The fraction of sp³-hybridized carbons (Fsp3) is 0.750. The molecule has 0 unspecified atom stereocenters. The first-order valence-corrected chi connectivity index (χ1v) is 4.23. The van der Waals surface area contributed by atoms with Gasteiger partial charge < -0.3 is 15.8 Å². The van der Waals surface area contributed by atoms with E-state index in [0.717, 1.165) is 6.42 Å². The lowest BCUT2D eigenvalue weighted by Gasteiger charge is -2.14. The monoisotopic (exact) mass is 224 g/mol. The molecular weight excluding hydrogens is 208 g/mol. The molecule has 0 bridgehead atoms. The van der Waals surface area contributed by atoms with Gasteiger partial charge in [-0.05, 0) is 6.42 Å². The number of amides is 1. The van der Waals surface area contributed by atoms with Crippen molar-refractivity contribution in [2.75, 3.05) is 13.7 Å². The molecule has 0 saturated carbocycles. The van der Waals surface area contributed by atoms with Crippen molar-refractivity contribution in [3.8, 4) is 0 Å². The number of carbonyl (C=O) groups excluding carboxylic acids is 2. The Morgan fingerprint density at radius 2 is 2.07 bits per heavy atom. The number of nitrogens with one attached hydrogen (secondary N) is 1. The summed E-state index contributed by atoms with van der Waals surface area (Å²) in [7, 11) is 1.29. The molecule has 0 radical (unpaired) electrons. The molecule has 0 rings (SSSR count). The van der Waals surface area contributed by atoms with Crippen LogP contribution in [0.4, 0.5) is 0 Å². The second kappa shape index (κ2) is 8.77. The molecule has 84 valence electrons. The number of hydrogen-bond acceptors (Lipinski definition) is 4. The summed E-state index contributed by atoms with van der Waals surface area (Å²) in [5.74, 6) is -0.771. The van der Waals surface area contributed by atoms with Gasteiger partial charge in [0.15, 0.2) is 0 Å². The first-order chi connectivity index (χ1) is 6.15. The van der Waals surface area contributed by atoms with Crippen molar-refractivity contribution in [2.45, 2.75) is 25.8 Å². The van der Waals surface area contributed by atoms with E-state index < -0.39 is 12.0 Å². The number of esters is 1. The number of nitrogens with two attached hydrogens (primary N) is 1. The summed E-state index contributed by atoms with van der Waals surface area (Å²) in [6, 6.07) is -0.564. The van der Waals surface area contributed by atoms with Crippen LogP contribution in [0.5, 0.6) is 0 Å². The van der Waals surface area contributed by atoms with Crippen molar-refractivity contribution in [1.82, 2.24) is 5.32 Å². The van der Waals surface area contributed by atoms with E-state index in [1.807, 2.05) is 6.92 Å². The van der Waals surface area contributed by atoms with Gasteiger partial charge in [0.05, 0.1) is 13.7 Å². The van der Waals surface area contributed by atoms with Crippen LogP contribution in [-0.2, 0) is 14.3 Å². The van der Waals surface area contributed by atoms with Gasteiger partial charge in [0.1, 0.15) is 6.04 Å². The lowest BCUT2D eigenvalue weighted by atomic mass is 10.1. The maximum Gasteiger partial charge on any atom is 0.328 e. The Hall–Kier alpha value is -0.810. The SMILES string of the molecule is CCC[C@@H](NC(=O)CN)C(=O)OC.Cl. The first kappa shape index (κ1) is 15.7. The van der Waals surface area contributed by atoms with Crippen LogP contribution in [0.25, 0.3) is 0 Å². The first-order valence-electron chi connectivity index (χ1n) is 4.23. The van der Waals surface area contributed by atoms with E-state index in [-0.39, 0.29) is 24.9 Å². The van der Waals surface area contributed by atoms with Crippen molar-refractivity contribution >= 4 is 24.3 Å². The Labute approximate surface area is 89.8 Å². The zero-order valence-electron chi connectivity index (χ0n) is 8.41. The standard InChI is InChI=1S/C8H16N2O3.ClH/c1-3-4-6(8(12)13-2)10-7(11)5-9;/h6H,3-5,9H2,1-2H3,(H,10,11);1H/t6-;/m1./s1. The van der Waals surface area contributed by atoms with Crippen molar-refractivity contribution in [2.24, 2.45) is 5.73 Å². The van der Waals surface area contributed by atoms with Crippen molar-refractivity contribution in [1.29, 1.82) is 0 Å². The van der Waals surface area contributed by atoms with Crippen LogP contribution in [0.15, 0.2) is 0 Å². The zero-order chi connectivity index (χ0) is 10.3. The normalized spacial score (nSPS) is 11.1. The van der Waals surface area contributed by atoms with Gasteiger partial charge in [-0.15, -0.1) is 12.4 Å². The summed E-state index contributed by atoms with van der Waals surface area (Å²) in [5, 5.41) is 2.48. The molecule has 0 aromatic heterocycles. The minimum absolute atomic E-state index is 0. The van der Waals surface area contributed by atoms with E-state index in [1.165, 1.54) is 7.11 Å². The van der Waals surface area contributed by atoms with Gasteiger partial charge in [-0.25, -0.2) is 4.79 Å². The van der Waals surface area contributed by atoms with Crippen LogP contribution in [-0.4, -0.2) is 31.6 Å². The van der Waals surface area contributed by atoms with Crippen molar-refractivity contribution in [3.05, 3.63) is 0 Å². The highest BCUT2D eigenvalue weighted by Gasteiger charge is 2.19. The van der Waals surface area contributed by atoms with Gasteiger partial charge in [-0.3, -0.25) is 4.79 Å². The summed E-state index contributed by atoms with van der Waals surface area (Å²) in [6.07, 6.45) is 1.36. The summed E-state index contributed by atoms with van der Waals surface area (Å²) >= 11 is 0. The van der Waals surface area contributed by atoms with Crippen LogP contribution >= 0.6 is 12.4 Å². The topological polar surface area (TPSA) is 81.4 Å². The van der Waals surface area contributed by atoms with E-state index in [4.69, 9.17) is 5.73 Å². The number of rotatable bonds is 5. The Morgan fingerprint density at radius 1 is 1.50 bits per heavy atom. The predicted molar refractivity (Wildman–Crippen MR) is 55.2 cm³/mol. The molecule has 1 amide bonds. The third-order valence-corrected chi connectivity index (χ3v) is 1.58. The minimum Gasteiger partial charge on any atom is -0.467 e. The van der Waals surface area contributed by atoms with E-state index in [0.29, 0.717) is 6.42 Å². The molecule has 0 aliphatic carbocycles. The molecular formula is C8H17ClN2O3. The zero-order valence-corrected chi connectivity index (χ0v) is 9.23. The average Bonchev–Trinajstić information content (AvgIpc) is 2.15. The number of hydrogen-bond donors (Lipinski definition) is 2. The third-order valence-electron chi connectivity index (χ3n) is 1.58. The highest BCUT2D eigenvalue weighted by molar-refractivity contribution is 5.85. The molecule has 0 aromatic carbocycles. The Balaban J connectivity index is 0. The Bertz CT molecular complexity index is 187. The Morgan fingerprint density at radius 3 is 2.43 bits per heavy atom. The molecule has 0 fully saturated rings. The van der Waals surface area contributed by atoms with E-state index in [9.17, 15) is 9.59 Å². The molecule has 0 aromatic rings. The Kier molecular flexibility index (Phi) is 9.81. The smallest absolute Gasteiger partial charge is 0.328 e. The second-order valence-corrected chi connectivity index (χ2v) is 2.64. The summed E-state index contributed by atoms with van der Waals surface area (Å²) in [6.45, 7) is 1.81. The van der Waals surface area contributed by atoms with Gasteiger partial charge in [0, 0.05) is 0 Å². The predicted octanol–water partition coefficient (Wildman–Crippen LogP) is -0.175. The summed E-state index contributed by atoms with van der Waals surface area (Å²) in [5.41, 5.74) is 5.09. The third kappa shape index (κ3) is 5.77. The maximum absolute atomic E-state index is 11.1. The molecule has 0 saturated heterocycles. The van der Waals surface area contributed by atoms with E-state index >= 15 is 0 Å². The van der Waals surface area contributed by atoms with Crippen LogP contribution in [0.3, 0.4) is 0 Å². The molecule has 5 nitrogen and oxygen atoms in total. The van der Waals surface area contributed by atoms with Gasteiger partial charge in [-0.1, -0.05) is 13.3 Å². The van der Waals surface area contributed by atoms with Crippen molar-refractivity contribution < 1.29 is 14.3 Å². The fourth-order valence-corrected chi connectivity index (χ4v) is 0.933. The maximum atomic E-state index is 11.1. The van der Waals surface area contributed by atoms with Crippen LogP contribution in [0.2, 0.25) is 0 Å². The summed E-state index contributed by atoms with van der Waals surface area (Å²) < 4.78 is 4.52. The molecule has 3 N–H and O–H groups in total. The highest BCUT2D eigenvalue weighted by atomic mass is 35.5. The number of carbonyl (C=O) groups is 2. The van der Waals surface area contributed by atoms with E-state index in [2.05, 4.69) is 10.1 Å². The average molecular weight is 225 g/mol. The lowest BCUT2D eigenvalue weighted by Crippen LogP contribution is -2.44. The van der Waals surface area contributed by atoms with Gasteiger partial charge in [0.2, 0.25) is 5.91 Å². The fourth-order valence-electron chi connectivity index (χ4n) is 0.933. The minimum atomic E-state index is -0.564. The molecule has 14 heavy (non-hydrogen) atoms. The van der Waals surface area contributed by atoms with Crippen LogP contribution < -0.4 is 11.1 Å². The molecule has 0 aliphatic heterocycles.